The van der Waals surface area contributed by atoms with Gasteiger partial charge >= 0.3 is 5.97 Å². The molecule has 24 heavy (non-hydrogen) atoms. The molecular weight excluding hydrogens is 315 g/mol. The van der Waals surface area contributed by atoms with Crippen LogP contribution in [0.25, 0.3) is 0 Å². The van der Waals surface area contributed by atoms with Crippen molar-refractivity contribution in [1.29, 1.82) is 0 Å². The van der Waals surface area contributed by atoms with Crippen molar-refractivity contribution in [3.8, 4) is 0 Å². The number of hydrogen-bond acceptors (Lipinski definition) is 4. The van der Waals surface area contributed by atoms with Crippen LogP contribution in [-0.2, 0) is 19.1 Å². The van der Waals surface area contributed by atoms with Gasteiger partial charge in [-0.1, -0.05) is 18.2 Å². The average molecular weight is 334 g/mol. The molecule has 0 spiro atoms. The highest BCUT2D eigenvalue weighted by Gasteiger charge is 2.14. The molecule has 2 amide bonds. The van der Waals surface area contributed by atoms with Gasteiger partial charge in [-0.25, -0.2) is 9.18 Å². The Bertz CT molecular complexity index is 638. The van der Waals surface area contributed by atoms with E-state index in [-0.39, 0.29) is 6.54 Å². The zero-order valence-corrected chi connectivity index (χ0v) is 13.5. The van der Waals surface area contributed by atoms with Crippen molar-refractivity contribution in [2.75, 3.05) is 25.5 Å². The number of benzene rings is 1. The molecular formula is C17H19FN2O4. The summed E-state index contributed by atoms with van der Waals surface area (Å²) in [6.07, 6.45) is 6.07. The first kappa shape index (κ1) is 19.1. The van der Waals surface area contributed by atoms with Crippen LogP contribution >= 0.6 is 0 Å². The van der Waals surface area contributed by atoms with Crippen molar-refractivity contribution in [2.45, 2.75) is 6.92 Å². The molecule has 0 heterocycles. The third-order valence-corrected chi connectivity index (χ3v) is 2.81. The van der Waals surface area contributed by atoms with Gasteiger partial charge in [-0.3, -0.25) is 9.59 Å². The second kappa shape index (κ2) is 9.94. The van der Waals surface area contributed by atoms with Gasteiger partial charge in [0.15, 0.2) is 6.61 Å². The Balaban J connectivity index is 2.38. The van der Waals surface area contributed by atoms with Gasteiger partial charge in [0.05, 0.1) is 6.54 Å². The maximum atomic E-state index is 12.8. The van der Waals surface area contributed by atoms with Crippen molar-refractivity contribution in [2.24, 2.45) is 0 Å². The normalized spacial score (nSPS) is 10.8. The molecule has 1 aromatic rings. The fraction of sp³-hybridized carbons (Fsp3) is 0.235. The van der Waals surface area contributed by atoms with Gasteiger partial charge < -0.3 is 15.0 Å². The molecule has 0 aliphatic heterocycles. The topological polar surface area (TPSA) is 75.7 Å². The van der Waals surface area contributed by atoms with Crippen molar-refractivity contribution >= 4 is 23.5 Å². The smallest absolute Gasteiger partial charge is 0.331 e. The molecule has 7 heteroatoms. The number of halogens is 1. The van der Waals surface area contributed by atoms with E-state index in [9.17, 15) is 18.8 Å². The monoisotopic (exact) mass is 334 g/mol. The lowest BCUT2D eigenvalue weighted by Gasteiger charge is -2.16. The van der Waals surface area contributed by atoms with Crippen LogP contribution in [0, 0.1) is 5.82 Å². The maximum Gasteiger partial charge on any atom is 0.331 e. The molecule has 0 unspecified atom stereocenters. The summed E-state index contributed by atoms with van der Waals surface area (Å²) in [5.41, 5.74) is 0.419. The van der Waals surface area contributed by atoms with Crippen molar-refractivity contribution in [3.05, 3.63) is 54.4 Å². The van der Waals surface area contributed by atoms with Crippen LogP contribution in [-0.4, -0.2) is 42.9 Å². The average Bonchev–Trinajstić information content (AvgIpc) is 2.54. The largest absolute Gasteiger partial charge is 0.452 e. The minimum Gasteiger partial charge on any atom is -0.452 e. The van der Waals surface area contributed by atoms with Crippen LogP contribution in [0.3, 0.4) is 0 Å². The Morgan fingerprint density at radius 2 is 1.88 bits per heavy atom. The number of likely N-dealkylation sites (N-methyl/N-ethyl adjacent to an activating group) is 1. The number of hydrogen-bond donors (Lipinski definition) is 1. The lowest BCUT2D eigenvalue weighted by atomic mass is 10.3. The van der Waals surface area contributed by atoms with Crippen LogP contribution in [0.2, 0.25) is 0 Å². The number of allylic oxidation sites excluding steroid dienone is 3. The molecule has 0 saturated heterocycles. The van der Waals surface area contributed by atoms with E-state index in [0.717, 1.165) is 4.90 Å². The second-order valence-electron chi connectivity index (χ2n) is 4.80. The van der Waals surface area contributed by atoms with E-state index < -0.39 is 30.2 Å². The number of carbonyl (C=O) groups is 3. The first-order chi connectivity index (χ1) is 11.4. The first-order valence-electron chi connectivity index (χ1n) is 7.18. The van der Waals surface area contributed by atoms with Crippen molar-refractivity contribution in [3.63, 3.8) is 0 Å². The fourth-order valence-electron chi connectivity index (χ4n) is 1.57. The van der Waals surface area contributed by atoms with E-state index in [0.29, 0.717) is 5.69 Å². The van der Waals surface area contributed by atoms with E-state index in [1.807, 2.05) is 0 Å². The fourth-order valence-corrected chi connectivity index (χ4v) is 1.57. The summed E-state index contributed by atoms with van der Waals surface area (Å²) in [5.74, 6) is -2.02. The Morgan fingerprint density at radius 3 is 2.50 bits per heavy atom. The molecule has 1 rings (SSSR count). The summed E-state index contributed by atoms with van der Waals surface area (Å²) in [6.45, 7) is 1.12. The van der Waals surface area contributed by atoms with Crippen LogP contribution in [0.15, 0.2) is 48.6 Å². The maximum absolute atomic E-state index is 12.8. The molecule has 0 radical (unpaired) electrons. The quantitative estimate of drug-likeness (QED) is 0.469. The predicted octanol–water partition coefficient (Wildman–Crippen LogP) is 1.90. The molecule has 1 aromatic carbocycles. The zero-order chi connectivity index (χ0) is 17.9. The highest BCUT2D eigenvalue weighted by atomic mass is 19.1. The van der Waals surface area contributed by atoms with Crippen LogP contribution in [0.4, 0.5) is 10.1 Å². The lowest BCUT2D eigenvalue weighted by molar-refractivity contribution is -0.148. The van der Waals surface area contributed by atoms with Crippen LogP contribution < -0.4 is 5.32 Å². The SMILES string of the molecule is C/C=C/C=C/C(=O)OCC(=O)N(C)CC(=O)Nc1ccc(F)cc1. The van der Waals surface area contributed by atoms with Crippen LogP contribution in [0.5, 0.6) is 0 Å². The summed E-state index contributed by atoms with van der Waals surface area (Å²) in [6, 6.07) is 5.25. The third kappa shape index (κ3) is 7.35. The zero-order valence-electron chi connectivity index (χ0n) is 13.5. The molecule has 0 aromatic heterocycles. The molecule has 6 nitrogen and oxygen atoms in total. The van der Waals surface area contributed by atoms with Gasteiger partial charge in [0.1, 0.15) is 5.82 Å². The van der Waals surface area contributed by atoms with Gasteiger partial charge in [0.25, 0.3) is 5.91 Å². The number of amides is 2. The van der Waals surface area contributed by atoms with Crippen molar-refractivity contribution < 1.29 is 23.5 Å². The van der Waals surface area contributed by atoms with Crippen LogP contribution in [0.1, 0.15) is 6.92 Å². The minimum absolute atomic E-state index is 0.220. The summed E-state index contributed by atoms with van der Waals surface area (Å²) >= 11 is 0. The highest BCUT2D eigenvalue weighted by molar-refractivity contribution is 5.95. The van der Waals surface area contributed by atoms with Gasteiger partial charge in [0.2, 0.25) is 5.91 Å². The number of ether oxygens (including phenoxy) is 1. The van der Waals surface area contributed by atoms with E-state index in [1.54, 1.807) is 19.1 Å². The summed E-state index contributed by atoms with van der Waals surface area (Å²) in [4.78, 5) is 36.0. The summed E-state index contributed by atoms with van der Waals surface area (Å²) < 4.78 is 17.5. The number of nitrogens with one attached hydrogen (secondary N) is 1. The Labute approximate surface area is 139 Å². The minimum atomic E-state index is -0.648. The third-order valence-electron chi connectivity index (χ3n) is 2.81. The number of rotatable bonds is 7. The van der Waals surface area contributed by atoms with E-state index >= 15 is 0 Å². The molecule has 128 valence electrons. The molecule has 1 N–H and O–H groups in total. The number of esters is 1. The Hall–Kier alpha value is -2.96. The molecule has 0 atom stereocenters. The van der Waals surface area contributed by atoms with Gasteiger partial charge in [-0.05, 0) is 31.2 Å². The van der Waals surface area contributed by atoms with E-state index in [2.05, 4.69) is 5.32 Å². The van der Waals surface area contributed by atoms with Gasteiger partial charge in [-0.2, -0.15) is 0 Å². The second-order valence-corrected chi connectivity index (χ2v) is 4.80. The molecule has 0 bridgehead atoms. The lowest BCUT2D eigenvalue weighted by Crippen LogP contribution is -2.37. The molecule has 0 fully saturated rings. The molecule has 0 aliphatic carbocycles. The Kier molecular flexibility index (Phi) is 7.90. The molecule has 0 aliphatic rings. The number of anilines is 1. The van der Waals surface area contributed by atoms with Gasteiger partial charge in [0, 0.05) is 18.8 Å². The Morgan fingerprint density at radius 1 is 1.21 bits per heavy atom. The number of carbonyl (C=O) groups excluding carboxylic acids is 3. The number of nitrogens with zero attached hydrogens (tertiary/aromatic N) is 1. The summed E-state index contributed by atoms with van der Waals surface area (Å²) in [5, 5.41) is 2.53. The molecule has 0 saturated carbocycles. The predicted molar refractivity (Wildman–Crippen MR) is 87.6 cm³/mol. The summed E-state index contributed by atoms with van der Waals surface area (Å²) in [7, 11) is 1.41. The standard InChI is InChI=1S/C17H19FN2O4/c1-3-4-5-6-17(23)24-12-16(22)20(2)11-15(21)19-14-9-7-13(18)8-10-14/h3-10H,11-12H2,1-2H3,(H,19,21)/b4-3+,6-5+. The van der Waals surface area contributed by atoms with Gasteiger partial charge in [-0.15, -0.1) is 0 Å². The first-order valence-corrected chi connectivity index (χ1v) is 7.18. The van der Waals surface area contributed by atoms with E-state index in [4.69, 9.17) is 4.74 Å². The van der Waals surface area contributed by atoms with Crippen molar-refractivity contribution in [1.82, 2.24) is 4.90 Å². The van der Waals surface area contributed by atoms with E-state index in [1.165, 1.54) is 43.5 Å². The highest BCUT2D eigenvalue weighted by Crippen LogP contribution is 2.08.